The van der Waals surface area contributed by atoms with Crippen LogP contribution in [0.3, 0.4) is 0 Å². The lowest BCUT2D eigenvalue weighted by atomic mass is 10.2. The minimum absolute atomic E-state index is 0.0129. The highest BCUT2D eigenvalue weighted by atomic mass is 32.2. The quantitative estimate of drug-likeness (QED) is 0.738. The molecule has 2 rings (SSSR count). The molecule has 0 saturated heterocycles. The van der Waals surface area contributed by atoms with E-state index in [0.717, 1.165) is 16.1 Å². The highest BCUT2D eigenvalue weighted by Crippen LogP contribution is 2.31. The summed E-state index contributed by atoms with van der Waals surface area (Å²) >= 11 is 1.52. The number of amides is 3. The molecule has 1 heterocycles. The van der Waals surface area contributed by atoms with Crippen LogP contribution < -0.4 is 16.0 Å². The second-order valence-corrected chi connectivity index (χ2v) is 4.62. The Bertz CT molecular complexity index is 462. The number of anilines is 1. The maximum atomic E-state index is 11.2. The van der Waals surface area contributed by atoms with Crippen molar-refractivity contribution in [3.8, 4) is 0 Å². The second kappa shape index (κ2) is 5.09. The zero-order chi connectivity index (χ0) is 12.3. The van der Waals surface area contributed by atoms with Gasteiger partial charge in [-0.3, -0.25) is 4.79 Å². The summed E-state index contributed by atoms with van der Waals surface area (Å²) in [5.74, 6) is 0.474. The molecule has 6 heteroatoms. The van der Waals surface area contributed by atoms with Gasteiger partial charge in [-0.2, -0.15) is 0 Å². The van der Waals surface area contributed by atoms with Crippen LogP contribution in [0.4, 0.5) is 10.5 Å². The number of thioether (sulfide) groups is 1. The third-order valence-corrected chi connectivity index (χ3v) is 3.43. The summed E-state index contributed by atoms with van der Waals surface area (Å²) in [7, 11) is 1.57. The first kappa shape index (κ1) is 11.8. The molecule has 17 heavy (non-hydrogen) atoms. The molecule has 0 atom stereocenters. The SMILES string of the molecule is CNC(=O)NCc1ccc2c(c1)NC(=O)CS2. The van der Waals surface area contributed by atoms with E-state index in [-0.39, 0.29) is 11.9 Å². The third-order valence-electron chi connectivity index (χ3n) is 2.36. The first-order valence-corrected chi connectivity index (χ1v) is 6.19. The summed E-state index contributed by atoms with van der Waals surface area (Å²) in [5, 5.41) is 7.99. The molecule has 3 amide bonds. The molecule has 0 spiro atoms. The van der Waals surface area contributed by atoms with Crippen LogP contribution in [0.2, 0.25) is 0 Å². The third kappa shape index (κ3) is 2.91. The van der Waals surface area contributed by atoms with E-state index in [1.807, 2.05) is 18.2 Å². The number of urea groups is 1. The monoisotopic (exact) mass is 251 g/mol. The normalized spacial score (nSPS) is 13.6. The zero-order valence-electron chi connectivity index (χ0n) is 9.37. The minimum atomic E-state index is -0.221. The first-order chi connectivity index (χ1) is 8.19. The maximum absolute atomic E-state index is 11.2. The van der Waals surface area contributed by atoms with Gasteiger partial charge in [-0.15, -0.1) is 11.8 Å². The van der Waals surface area contributed by atoms with E-state index in [9.17, 15) is 9.59 Å². The number of hydrogen-bond acceptors (Lipinski definition) is 3. The fourth-order valence-electron chi connectivity index (χ4n) is 1.51. The fraction of sp³-hybridized carbons (Fsp3) is 0.273. The molecule has 0 fully saturated rings. The summed E-state index contributed by atoms with van der Waals surface area (Å²) in [6.45, 7) is 0.438. The van der Waals surface area contributed by atoms with Crippen LogP contribution >= 0.6 is 11.8 Å². The van der Waals surface area contributed by atoms with Gasteiger partial charge in [-0.05, 0) is 17.7 Å². The van der Waals surface area contributed by atoms with Crippen LogP contribution in [-0.4, -0.2) is 24.7 Å². The predicted octanol–water partition coefficient (Wildman–Crippen LogP) is 1.16. The number of carbonyl (C=O) groups is 2. The van der Waals surface area contributed by atoms with Crippen LogP contribution in [0, 0.1) is 0 Å². The van der Waals surface area contributed by atoms with Crippen LogP contribution in [0.5, 0.6) is 0 Å². The molecule has 90 valence electrons. The Hall–Kier alpha value is -1.69. The Balaban J connectivity index is 2.07. The molecule has 0 aromatic heterocycles. The van der Waals surface area contributed by atoms with E-state index < -0.39 is 0 Å². The Kier molecular flexibility index (Phi) is 3.53. The molecule has 1 aliphatic heterocycles. The minimum Gasteiger partial charge on any atom is -0.341 e. The number of carbonyl (C=O) groups excluding carboxylic acids is 2. The number of benzene rings is 1. The second-order valence-electron chi connectivity index (χ2n) is 3.60. The van der Waals surface area contributed by atoms with Gasteiger partial charge in [-0.1, -0.05) is 6.07 Å². The van der Waals surface area contributed by atoms with Crippen molar-refractivity contribution in [1.29, 1.82) is 0 Å². The van der Waals surface area contributed by atoms with Gasteiger partial charge in [0.05, 0.1) is 11.4 Å². The van der Waals surface area contributed by atoms with Gasteiger partial charge in [0.2, 0.25) is 5.91 Å². The lowest BCUT2D eigenvalue weighted by Crippen LogP contribution is -2.32. The number of fused-ring (bicyclic) bond motifs is 1. The van der Waals surface area contributed by atoms with E-state index in [1.54, 1.807) is 7.05 Å². The molecule has 0 unspecified atom stereocenters. The number of nitrogens with one attached hydrogen (secondary N) is 3. The van der Waals surface area contributed by atoms with Gasteiger partial charge in [0.25, 0.3) is 0 Å². The van der Waals surface area contributed by atoms with E-state index in [0.29, 0.717) is 12.3 Å². The molecule has 0 saturated carbocycles. The van der Waals surface area contributed by atoms with Gasteiger partial charge in [0.15, 0.2) is 0 Å². The van der Waals surface area contributed by atoms with E-state index in [1.165, 1.54) is 11.8 Å². The molecule has 0 aliphatic carbocycles. The van der Waals surface area contributed by atoms with Gasteiger partial charge in [-0.25, -0.2) is 4.79 Å². The molecular formula is C11H13N3O2S. The van der Waals surface area contributed by atoms with Crippen molar-refractivity contribution in [2.45, 2.75) is 11.4 Å². The zero-order valence-corrected chi connectivity index (χ0v) is 10.2. The average molecular weight is 251 g/mol. The summed E-state index contributed by atoms with van der Waals surface area (Å²) in [6.07, 6.45) is 0. The van der Waals surface area contributed by atoms with E-state index >= 15 is 0 Å². The van der Waals surface area contributed by atoms with Crippen molar-refractivity contribution in [3.63, 3.8) is 0 Å². The standard InChI is InChI=1S/C11H13N3O2S/c1-12-11(16)13-5-7-2-3-9-8(4-7)14-10(15)6-17-9/h2-4H,5-6H2,1H3,(H,14,15)(H2,12,13,16). The molecule has 1 aromatic rings. The molecule has 0 radical (unpaired) electrons. The van der Waals surface area contributed by atoms with Crippen LogP contribution in [0.1, 0.15) is 5.56 Å². The van der Waals surface area contributed by atoms with Gasteiger partial charge in [0, 0.05) is 18.5 Å². The maximum Gasteiger partial charge on any atom is 0.314 e. The lowest BCUT2D eigenvalue weighted by Gasteiger charge is -2.17. The molecule has 1 aliphatic rings. The van der Waals surface area contributed by atoms with Crippen LogP contribution in [0.15, 0.2) is 23.1 Å². The largest absolute Gasteiger partial charge is 0.341 e. The Morgan fingerprint density at radius 1 is 1.53 bits per heavy atom. The highest BCUT2D eigenvalue weighted by molar-refractivity contribution is 8.00. The summed E-state index contributed by atoms with van der Waals surface area (Å²) in [6, 6.07) is 5.57. The van der Waals surface area contributed by atoms with Crippen molar-refractivity contribution in [2.24, 2.45) is 0 Å². The van der Waals surface area contributed by atoms with Crippen LogP contribution in [-0.2, 0) is 11.3 Å². The van der Waals surface area contributed by atoms with Gasteiger partial charge in [0.1, 0.15) is 0 Å². The molecule has 5 nitrogen and oxygen atoms in total. The Morgan fingerprint density at radius 3 is 3.12 bits per heavy atom. The van der Waals surface area contributed by atoms with Crippen molar-refractivity contribution < 1.29 is 9.59 Å². The summed E-state index contributed by atoms with van der Waals surface area (Å²) in [5.41, 5.74) is 1.78. The summed E-state index contributed by atoms with van der Waals surface area (Å²) in [4.78, 5) is 23.3. The molecule has 3 N–H and O–H groups in total. The van der Waals surface area contributed by atoms with Crippen molar-refractivity contribution >= 4 is 29.4 Å². The van der Waals surface area contributed by atoms with Crippen molar-refractivity contribution in [3.05, 3.63) is 23.8 Å². The molecule has 0 bridgehead atoms. The Morgan fingerprint density at radius 2 is 2.35 bits per heavy atom. The lowest BCUT2D eigenvalue weighted by molar-refractivity contribution is -0.113. The summed E-state index contributed by atoms with van der Waals surface area (Å²) < 4.78 is 0. The van der Waals surface area contributed by atoms with E-state index in [4.69, 9.17) is 0 Å². The number of rotatable bonds is 2. The Labute approximate surface area is 103 Å². The van der Waals surface area contributed by atoms with Crippen molar-refractivity contribution in [2.75, 3.05) is 18.1 Å². The first-order valence-electron chi connectivity index (χ1n) is 5.20. The molecule has 1 aromatic carbocycles. The van der Waals surface area contributed by atoms with Crippen LogP contribution in [0.25, 0.3) is 0 Å². The highest BCUT2D eigenvalue weighted by Gasteiger charge is 2.15. The van der Waals surface area contributed by atoms with Crippen molar-refractivity contribution in [1.82, 2.24) is 10.6 Å². The fourth-order valence-corrected chi connectivity index (χ4v) is 2.30. The van der Waals surface area contributed by atoms with Gasteiger partial charge >= 0.3 is 6.03 Å². The molecular weight excluding hydrogens is 238 g/mol. The predicted molar refractivity (Wildman–Crippen MR) is 67.1 cm³/mol. The topological polar surface area (TPSA) is 70.2 Å². The number of hydrogen-bond donors (Lipinski definition) is 3. The van der Waals surface area contributed by atoms with Gasteiger partial charge < -0.3 is 16.0 Å². The smallest absolute Gasteiger partial charge is 0.314 e. The van der Waals surface area contributed by atoms with E-state index in [2.05, 4.69) is 16.0 Å². The average Bonchev–Trinajstić information content (AvgIpc) is 2.35.